The van der Waals surface area contributed by atoms with Gasteiger partial charge in [0.1, 0.15) is 5.82 Å². The maximum Gasteiger partial charge on any atom is 0.225 e. The van der Waals surface area contributed by atoms with Crippen LogP contribution in [-0.2, 0) is 11.3 Å². The number of amides is 1. The maximum atomic E-state index is 12.6. The van der Waals surface area contributed by atoms with E-state index in [-0.39, 0.29) is 11.8 Å². The van der Waals surface area contributed by atoms with Gasteiger partial charge in [-0.25, -0.2) is 4.98 Å². The summed E-state index contributed by atoms with van der Waals surface area (Å²) < 4.78 is 1.84. The van der Waals surface area contributed by atoms with Gasteiger partial charge < -0.3 is 10.2 Å². The van der Waals surface area contributed by atoms with Gasteiger partial charge in [-0.1, -0.05) is 30.3 Å². The number of benzene rings is 1. The van der Waals surface area contributed by atoms with E-state index in [1.54, 1.807) is 12.4 Å². The average Bonchev–Trinajstić information content (AvgIpc) is 3.16. The molecule has 1 unspecified atom stereocenters. The van der Waals surface area contributed by atoms with Crippen molar-refractivity contribution in [3.05, 3.63) is 60.4 Å². The van der Waals surface area contributed by atoms with E-state index in [2.05, 4.69) is 20.3 Å². The first-order chi connectivity index (χ1) is 12.3. The van der Waals surface area contributed by atoms with Crippen molar-refractivity contribution in [1.29, 1.82) is 0 Å². The van der Waals surface area contributed by atoms with Gasteiger partial charge in [0.25, 0.3) is 0 Å². The highest BCUT2D eigenvalue weighted by molar-refractivity contribution is 5.79. The minimum atomic E-state index is -0.00348. The van der Waals surface area contributed by atoms with Crippen LogP contribution < -0.4 is 10.2 Å². The molecular weight excluding hydrogens is 314 g/mol. The Balaban J connectivity index is 1.44. The minimum absolute atomic E-state index is 0.00348. The van der Waals surface area contributed by atoms with E-state index >= 15 is 0 Å². The van der Waals surface area contributed by atoms with Gasteiger partial charge in [0.15, 0.2) is 5.65 Å². The summed E-state index contributed by atoms with van der Waals surface area (Å²) in [6.07, 6.45) is 5.46. The van der Waals surface area contributed by atoms with Crippen LogP contribution in [0.4, 0.5) is 5.82 Å². The molecule has 1 aliphatic rings. The molecule has 0 spiro atoms. The van der Waals surface area contributed by atoms with Gasteiger partial charge in [0.05, 0.1) is 12.1 Å². The first-order valence-corrected chi connectivity index (χ1v) is 8.66. The predicted octanol–water partition coefficient (Wildman–Crippen LogP) is 2.26. The number of nitrogens with zero attached hydrogens (tertiary/aromatic N) is 4. The number of hydrogen-bond acceptors (Lipinski definition) is 4. The Morgan fingerprint density at radius 2 is 2.04 bits per heavy atom. The molecular formula is C19H21N5O. The lowest BCUT2D eigenvalue weighted by molar-refractivity contribution is -0.125. The molecule has 1 fully saturated rings. The number of aromatic nitrogens is 3. The standard InChI is InChI=1S/C19H21N5O/c25-19(21-13-15-5-2-1-3-6-15)16-7-4-12-23(14-16)18-9-10-20-17-8-11-22-24(17)18/h1-3,5-6,8-11,16H,4,7,12-14H2,(H,21,25). The van der Waals surface area contributed by atoms with Crippen LogP contribution >= 0.6 is 0 Å². The average molecular weight is 335 g/mol. The highest BCUT2D eigenvalue weighted by Gasteiger charge is 2.27. The predicted molar refractivity (Wildman–Crippen MR) is 96.2 cm³/mol. The van der Waals surface area contributed by atoms with Crippen molar-refractivity contribution in [3.63, 3.8) is 0 Å². The molecule has 1 aromatic carbocycles. The van der Waals surface area contributed by atoms with Crippen LogP contribution in [0.3, 0.4) is 0 Å². The quantitative estimate of drug-likeness (QED) is 0.794. The van der Waals surface area contributed by atoms with Crippen molar-refractivity contribution in [1.82, 2.24) is 19.9 Å². The second-order valence-corrected chi connectivity index (χ2v) is 6.39. The van der Waals surface area contributed by atoms with Crippen molar-refractivity contribution < 1.29 is 4.79 Å². The van der Waals surface area contributed by atoms with E-state index in [1.165, 1.54) is 0 Å². The fourth-order valence-electron chi connectivity index (χ4n) is 3.39. The van der Waals surface area contributed by atoms with E-state index in [9.17, 15) is 4.79 Å². The van der Waals surface area contributed by atoms with E-state index in [1.807, 2.05) is 47.0 Å². The van der Waals surface area contributed by atoms with Crippen LogP contribution in [0, 0.1) is 5.92 Å². The number of anilines is 1. The Morgan fingerprint density at radius 1 is 1.16 bits per heavy atom. The smallest absolute Gasteiger partial charge is 0.225 e. The number of carbonyl (C=O) groups excluding carboxylic acids is 1. The molecule has 4 rings (SSSR count). The third kappa shape index (κ3) is 3.33. The Hall–Kier alpha value is -2.89. The molecule has 1 N–H and O–H groups in total. The van der Waals surface area contributed by atoms with E-state index in [4.69, 9.17) is 0 Å². The second-order valence-electron chi connectivity index (χ2n) is 6.39. The van der Waals surface area contributed by atoms with E-state index in [0.717, 1.165) is 36.4 Å². The molecule has 2 aromatic heterocycles. The zero-order valence-corrected chi connectivity index (χ0v) is 14.0. The molecule has 0 bridgehead atoms. The van der Waals surface area contributed by atoms with E-state index in [0.29, 0.717) is 13.1 Å². The van der Waals surface area contributed by atoms with Gasteiger partial charge in [0.2, 0.25) is 5.91 Å². The lowest BCUT2D eigenvalue weighted by Crippen LogP contribution is -2.43. The van der Waals surface area contributed by atoms with Crippen LogP contribution in [0.25, 0.3) is 5.65 Å². The monoisotopic (exact) mass is 335 g/mol. The molecule has 0 aliphatic carbocycles. The Morgan fingerprint density at radius 3 is 2.92 bits per heavy atom. The fraction of sp³-hybridized carbons (Fsp3) is 0.316. The summed E-state index contributed by atoms with van der Waals surface area (Å²) in [4.78, 5) is 19.1. The number of fused-ring (bicyclic) bond motifs is 1. The van der Waals surface area contributed by atoms with Crippen LogP contribution in [0.1, 0.15) is 18.4 Å². The van der Waals surface area contributed by atoms with Crippen LogP contribution in [-0.4, -0.2) is 33.6 Å². The molecule has 1 atom stereocenters. The lowest BCUT2D eigenvalue weighted by Gasteiger charge is -2.33. The number of piperidine rings is 1. The molecule has 1 aliphatic heterocycles. The van der Waals surface area contributed by atoms with Crippen LogP contribution in [0.2, 0.25) is 0 Å². The number of carbonyl (C=O) groups is 1. The van der Waals surface area contributed by atoms with Gasteiger partial charge in [-0.3, -0.25) is 4.79 Å². The van der Waals surface area contributed by atoms with Crippen LogP contribution in [0.5, 0.6) is 0 Å². The summed E-state index contributed by atoms with van der Waals surface area (Å²) in [5.41, 5.74) is 1.95. The Kier molecular flexibility index (Phi) is 4.33. The first-order valence-electron chi connectivity index (χ1n) is 8.66. The third-order valence-electron chi connectivity index (χ3n) is 4.70. The molecule has 0 radical (unpaired) electrons. The van der Waals surface area contributed by atoms with Gasteiger partial charge >= 0.3 is 0 Å². The minimum Gasteiger partial charge on any atom is -0.356 e. The fourth-order valence-corrected chi connectivity index (χ4v) is 3.39. The second kappa shape index (κ2) is 6.93. The van der Waals surface area contributed by atoms with Gasteiger partial charge in [0, 0.05) is 31.9 Å². The van der Waals surface area contributed by atoms with Crippen molar-refractivity contribution in [2.45, 2.75) is 19.4 Å². The molecule has 0 saturated carbocycles. The summed E-state index contributed by atoms with van der Waals surface area (Å²) in [6, 6.07) is 13.9. The molecule has 3 heterocycles. The summed E-state index contributed by atoms with van der Waals surface area (Å²) in [5, 5.41) is 7.42. The maximum absolute atomic E-state index is 12.6. The SMILES string of the molecule is O=C(NCc1ccccc1)C1CCCN(c2ccnc3ccnn23)C1. The van der Waals surface area contributed by atoms with Gasteiger partial charge in [-0.05, 0) is 24.5 Å². The largest absolute Gasteiger partial charge is 0.356 e. The summed E-state index contributed by atoms with van der Waals surface area (Å²) in [6.45, 7) is 2.22. The van der Waals surface area contributed by atoms with Gasteiger partial charge in [-0.2, -0.15) is 9.61 Å². The zero-order chi connectivity index (χ0) is 17.1. The highest BCUT2D eigenvalue weighted by Crippen LogP contribution is 2.23. The molecule has 6 heteroatoms. The first kappa shape index (κ1) is 15.6. The van der Waals surface area contributed by atoms with E-state index < -0.39 is 0 Å². The van der Waals surface area contributed by atoms with Crippen LogP contribution in [0.15, 0.2) is 54.9 Å². The lowest BCUT2D eigenvalue weighted by atomic mass is 9.97. The highest BCUT2D eigenvalue weighted by atomic mass is 16.1. The summed E-state index contributed by atoms with van der Waals surface area (Å²) in [7, 11) is 0. The van der Waals surface area contributed by atoms with Crippen molar-refractivity contribution in [3.8, 4) is 0 Å². The molecule has 3 aromatic rings. The number of hydrogen-bond donors (Lipinski definition) is 1. The third-order valence-corrected chi connectivity index (χ3v) is 4.70. The summed E-state index contributed by atoms with van der Waals surface area (Å²) >= 11 is 0. The van der Waals surface area contributed by atoms with Crippen molar-refractivity contribution in [2.75, 3.05) is 18.0 Å². The normalized spacial score (nSPS) is 17.6. The summed E-state index contributed by atoms with van der Waals surface area (Å²) in [5.74, 6) is 1.12. The Labute approximate surface area is 146 Å². The van der Waals surface area contributed by atoms with Crippen molar-refractivity contribution >= 4 is 17.4 Å². The molecule has 6 nitrogen and oxygen atoms in total. The van der Waals surface area contributed by atoms with Crippen molar-refractivity contribution in [2.24, 2.45) is 5.92 Å². The molecule has 128 valence electrons. The zero-order valence-electron chi connectivity index (χ0n) is 14.0. The van der Waals surface area contributed by atoms with Gasteiger partial charge in [-0.15, -0.1) is 0 Å². The topological polar surface area (TPSA) is 62.5 Å². The number of rotatable bonds is 4. The number of nitrogens with one attached hydrogen (secondary N) is 1. The molecule has 25 heavy (non-hydrogen) atoms. The molecule has 1 amide bonds. The molecule has 1 saturated heterocycles. The Bertz CT molecular complexity index is 860.